The average molecular weight is 328 g/mol. The van der Waals surface area contributed by atoms with Gasteiger partial charge in [0.2, 0.25) is 5.95 Å². The molecule has 5 heteroatoms. The average Bonchev–Trinajstić information content (AvgIpc) is 2.53. The van der Waals surface area contributed by atoms with Crippen LogP contribution in [0.15, 0.2) is 18.2 Å². The predicted molar refractivity (Wildman–Crippen MR) is 99.2 cm³/mol. The summed E-state index contributed by atoms with van der Waals surface area (Å²) in [4.78, 5) is 8.24. The topological polar surface area (TPSA) is 87.0 Å². The van der Waals surface area contributed by atoms with Crippen LogP contribution in [-0.4, -0.2) is 17.1 Å². The van der Waals surface area contributed by atoms with Crippen LogP contribution in [0, 0.1) is 13.8 Å². The van der Waals surface area contributed by atoms with Crippen LogP contribution in [0.1, 0.15) is 48.1 Å². The number of unbranched alkanes of at least 4 members (excludes halogenated alkanes) is 3. The van der Waals surface area contributed by atoms with Crippen molar-refractivity contribution in [3.05, 3.63) is 40.6 Å². The summed E-state index contributed by atoms with van der Waals surface area (Å²) < 4.78 is 5.25. The molecule has 4 N–H and O–H groups in total. The highest BCUT2D eigenvalue weighted by molar-refractivity contribution is 5.45. The van der Waals surface area contributed by atoms with Gasteiger partial charge in [0.05, 0.1) is 7.11 Å². The molecule has 0 radical (unpaired) electrons. The van der Waals surface area contributed by atoms with Gasteiger partial charge in [-0.25, -0.2) is 4.98 Å². The van der Waals surface area contributed by atoms with E-state index in [4.69, 9.17) is 16.2 Å². The molecule has 1 heterocycles. The molecule has 0 saturated carbocycles. The number of hydrogen-bond acceptors (Lipinski definition) is 5. The SMILES string of the molecule is COc1ccc(CCCCCCc2c(C)nc(N)nc2N)c(C)c1. The van der Waals surface area contributed by atoms with Crippen molar-refractivity contribution in [2.24, 2.45) is 0 Å². The Balaban J connectivity index is 1.72. The van der Waals surface area contributed by atoms with Gasteiger partial charge in [-0.05, 0) is 62.8 Å². The van der Waals surface area contributed by atoms with Crippen molar-refractivity contribution in [1.29, 1.82) is 0 Å². The summed E-state index contributed by atoms with van der Waals surface area (Å²) in [5, 5.41) is 0. The zero-order chi connectivity index (χ0) is 17.5. The van der Waals surface area contributed by atoms with Crippen molar-refractivity contribution in [3.63, 3.8) is 0 Å². The third-order valence-corrected chi connectivity index (χ3v) is 4.44. The molecule has 2 rings (SSSR count). The molecule has 1 aromatic carbocycles. The second kappa shape index (κ2) is 8.52. The maximum Gasteiger partial charge on any atom is 0.222 e. The lowest BCUT2D eigenvalue weighted by Gasteiger charge is -2.09. The minimum absolute atomic E-state index is 0.253. The quantitative estimate of drug-likeness (QED) is 0.723. The number of methoxy groups -OCH3 is 1. The number of nitrogens with zero attached hydrogens (tertiary/aromatic N) is 2. The minimum Gasteiger partial charge on any atom is -0.497 e. The standard InChI is InChI=1S/C19H28N4O/c1-13-12-16(24-3)11-10-15(13)8-6-4-5-7-9-17-14(2)22-19(21)23-18(17)20/h10-12H,4-9H2,1-3H3,(H4,20,21,22,23). The van der Waals surface area contributed by atoms with Crippen LogP contribution in [-0.2, 0) is 12.8 Å². The van der Waals surface area contributed by atoms with E-state index >= 15 is 0 Å². The number of rotatable bonds is 8. The van der Waals surface area contributed by atoms with Gasteiger partial charge in [-0.15, -0.1) is 0 Å². The third kappa shape index (κ3) is 4.85. The van der Waals surface area contributed by atoms with Crippen LogP contribution in [0.25, 0.3) is 0 Å². The number of anilines is 2. The van der Waals surface area contributed by atoms with Crippen LogP contribution < -0.4 is 16.2 Å². The minimum atomic E-state index is 0.253. The van der Waals surface area contributed by atoms with Crippen LogP contribution >= 0.6 is 0 Å². The molecule has 5 nitrogen and oxygen atoms in total. The number of benzene rings is 1. The highest BCUT2D eigenvalue weighted by atomic mass is 16.5. The molecule has 0 bridgehead atoms. The fraction of sp³-hybridized carbons (Fsp3) is 0.474. The molecular formula is C19H28N4O. The van der Waals surface area contributed by atoms with Crippen LogP contribution in [0.5, 0.6) is 5.75 Å². The summed E-state index contributed by atoms with van der Waals surface area (Å²) in [6.45, 7) is 4.08. The Hall–Kier alpha value is -2.30. The number of nitrogens with two attached hydrogens (primary N) is 2. The van der Waals surface area contributed by atoms with Crippen molar-refractivity contribution >= 4 is 11.8 Å². The second-order valence-corrected chi connectivity index (χ2v) is 6.24. The summed E-state index contributed by atoms with van der Waals surface area (Å²) in [5.74, 6) is 1.70. The summed E-state index contributed by atoms with van der Waals surface area (Å²) >= 11 is 0. The summed E-state index contributed by atoms with van der Waals surface area (Å²) in [7, 11) is 1.70. The van der Waals surface area contributed by atoms with E-state index in [0.29, 0.717) is 5.82 Å². The monoisotopic (exact) mass is 328 g/mol. The van der Waals surface area contributed by atoms with Gasteiger partial charge in [-0.3, -0.25) is 0 Å². The number of aryl methyl sites for hydroxylation is 3. The predicted octanol–water partition coefficient (Wildman–Crippen LogP) is 3.61. The highest BCUT2D eigenvalue weighted by Gasteiger charge is 2.07. The van der Waals surface area contributed by atoms with Crippen molar-refractivity contribution < 1.29 is 4.74 Å². The van der Waals surface area contributed by atoms with Gasteiger partial charge < -0.3 is 16.2 Å². The number of ether oxygens (including phenoxy) is 1. The first-order chi connectivity index (χ1) is 11.5. The molecule has 0 unspecified atom stereocenters. The van der Waals surface area contributed by atoms with Crippen molar-refractivity contribution in [2.75, 3.05) is 18.6 Å². The number of aromatic nitrogens is 2. The first-order valence-corrected chi connectivity index (χ1v) is 8.53. The van der Waals surface area contributed by atoms with Gasteiger partial charge >= 0.3 is 0 Å². The first kappa shape index (κ1) is 18.0. The lowest BCUT2D eigenvalue weighted by atomic mass is 10.00. The van der Waals surface area contributed by atoms with E-state index in [-0.39, 0.29) is 5.95 Å². The Morgan fingerprint density at radius 3 is 2.29 bits per heavy atom. The Bertz CT molecular complexity index is 662. The van der Waals surface area contributed by atoms with Gasteiger partial charge in [0.1, 0.15) is 11.6 Å². The maximum absolute atomic E-state index is 5.94. The van der Waals surface area contributed by atoms with Gasteiger partial charge in [0.15, 0.2) is 0 Å². The molecule has 24 heavy (non-hydrogen) atoms. The maximum atomic E-state index is 5.94. The van der Waals surface area contributed by atoms with Crippen LogP contribution in [0.3, 0.4) is 0 Å². The fourth-order valence-corrected chi connectivity index (χ4v) is 3.00. The lowest BCUT2D eigenvalue weighted by Crippen LogP contribution is -2.07. The summed E-state index contributed by atoms with van der Waals surface area (Å²) in [5.41, 5.74) is 16.2. The van der Waals surface area contributed by atoms with E-state index in [2.05, 4.69) is 29.0 Å². The Kier molecular flexibility index (Phi) is 6.41. The molecule has 0 atom stereocenters. The Labute approximate surface area is 144 Å². The molecule has 0 aliphatic rings. The van der Waals surface area contributed by atoms with E-state index in [1.807, 2.05) is 13.0 Å². The third-order valence-electron chi connectivity index (χ3n) is 4.44. The molecule has 0 amide bonds. The molecule has 130 valence electrons. The van der Waals surface area contributed by atoms with E-state index < -0.39 is 0 Å². The van der Waals surface area contributed by atoms with Crippen LogP contribution in [0.2, 0.25) is 0 Å². The molecule has 0 aliphatic heterocycles. The molecule has 0 aliphatic carbocycles. The second-order valence-electron chi connectivity index (χ2n) is 6.24. The Morgan fingerprint density at radius 2 is 1.67 bits per heavy atom. The number of nitrogen functional groups attached to an aromatic ring is 2. The fourth-order valence-electron chi connectivity index (χ4n) is 3.00. The van der Waals surface area contributed by atoms with Crippen LogP contribution in [0.4, 0.5) is 11.8 Å². The molecule has 0 saturated heterocycles. The zero-order valence-corrected chi connectivity index (χ0v) is 14.9. The summed E-state index contributed by atoms with van der Waals surface area (Å²) in [6.07, 6.45) is 6.71. The summed E-state index contributed by atoms with van der Waals surface area (Å²) in [6, 6.07) is 6.31. The van der Waals surface area contributed by atoms with E-state index in [0.717, 1.165) is 36.3 Å². The van der Waals surface area contributed by atoms with Crippen molar-refractivity contribution in [2.45, 2.75) is 52.4 Å². The van der Waals surface area contributed by atoms with Crippen molar-refractivity contribution in [1.82, 2.24) is 9.97 Å². The molecular weight excluding hydrogens is 300 g/mol. The van der Waals surface area contributed by atoms with Gasteiger partial charge in [-0.2, -0.15) is 4.98 Å². The van der Waals surface area contributed by atoms with Gasteiger partial charge in [-0.1, -0.05) is 18.9 Å². The molecule has 2 aromatic rings. The highest BCUT2D eigenvalue weighted by Crippen LogP contribution is 2.20. The zero-order valence-electron chi connectivity index (χ0n) is 14.9. The number of hydrogen-bond donors (Lipinski definition) is 2. The smallest absolute Gasteiger partial charge is 0.222 e. The van der Waals surface area contributed by atoms with Crippen molar-refractivity contribution in [3.8, 4) is 5.75 Å². The van der Waals surface area contributed by atoms with Gasteiger partial charge in [0.25, 0.3) is 0 Å². The van der Waals surface area contributed by atoms with E-state index in [1.165, 1.54) is 30.4 Å². The molecule has 0 spiro atoms. The van der Waals surface area contributed by atoms with E-state index in [9.17, 15) is 0 Å². The Morgan fingerprint density at radius 1 is 0.958 bits per heavy atom. The lowest BCUT2D eigenvalue weighted by molar-refractivity contribution is 0.414. The van der Waals surface area contributed by atoms with E-state index in [1.54, 1.807) is 7.11 Å². The first-order valence-electron chi connectivity index (χ1n) is 8.53. The largest absolute Gasteiger partial charge is 0.497 e. The normalized spacial score (nSPS) is 10.8. The molecule has 1 aromatic heterocycles. The van der Waals surface area contributed by atoms with Gasteiger partial charge in [0, 0.05) is 11.3 Å². The molecule has 0 fully saturated rings.